The molecule has 82 valence electrons. The van der Waals surface area contributed by atoms with Crippen LogP contribution in [0.2, 0.25) is 0 Å². The molecule has 0 bridgehead atoms. The van der Waals surface area contributed by atoms with Crippen molar-refractivity contribution in [1.82, 2.24) is 5.32 Å². The standard InChI is InChI=1S/C12H24N2/c13-7-1-2-8-14-9-12(10-3-4-10)11-5-6-11/h10-12,14H,1-9,13H2. The van der Waals surface area contributed by atoms with Crippen LogP contribution in [0.4, 0.5) is 0 Å². The Hall–Kier alpha value is -0.0800. The lowest BCUT2D eigenvalue weighted by atomic mass is 9.98. The highest BCUT2D eigenvalue weighted by Gasteiger charge is 2.40. The first-order valence-electron chi connectivity index (χ1n) is 6.32. The molecule has 3 N–H and O–H groups in total. The highest BCUT2D eigenvalue weighted by Crippen LogP contribution is 2.48. The minimum absolute atomic E-state index is 0.844. The third kappa shape index (κ3) is 3.25. The molecule has 2 aliphatic rings. The van der Waals surface area contributed by atoms with E-state index in [2.05, 4.69) is 5.32 Å². The smallest absolute Gasteiger partial charge is 0.00152 e. The summed E-state index contributed by atoms with van der Waals surface area (Å²) in [4.78, 5) is 0. The molecule has 0 aromatic rings. The van der Waals surface area contributed by atoms with E-state index in [1.807, 2.05) is 0 Å². The van der Waals surface area contributed by atoms with Gasteiger partial charge in [0.2, 0.25) is 0 Å². The average Bonchev–Trinajstić information content (AvgIpc) is 3.03. The van der Waals surface area contributed by atoms with Crippen molar-refractivity contribution in [3.63, 3.8) is 0 Å². The van der Waals surface area contributed by atoms with E-state index in [9.17, 15) is 0 Å². The second kappa shape index (κ2) is 5.13. The highest BCUT2D eigenvalue weighted by molar-refractivity contribution is 4.92. The lowest BCUT2D eigenvalue weighted by Crippen LogP contribution is -2.26. The summed E-state index contributed by atoms with van der Waals surface area (Å²) in [5.41, 5.74) is 5.46. The van der Waals surface area contributed by atoms with Gasteiger partial charge in [0, 0.05) is 0 Å². The van der Waals surface area contributed by atoms with Crippen LogP contribution in [0.5, 0.6) is 0 Å². The third-order valence-corrected chi connectivity index (χ3v) is 3.64. The van der Waals surface area contributed by atoms with Crippen LogP contribution in [0.15, 0.2) is 0 Å². The van der Waals surface area contributed by atoms with E-state index in [1.165, 1.54) is 51.6 Å². The van der Waals surface area contributed by atoms with Gasteiger partial charge in [-0.2, -0.15) is 0 Å². The molecule has 2 rings (SSSR count). The maximum absolute atomic E-state index is 5.46. The average molecular weight is 196 g/mol. The van der Waals surface area contributed by atoms with E-state index in [0.29, 0.717) is 0 Å². The fourth-order valence-corrected chi connectivity index (χ4v) is 2.43. The van der Waals surface area contributed by atoms with Crippen LogP contribution in [-0.4, -0.2) is 19.6 Å². The van der Waals surface area contributed by atoms with Crippen molar-refractivity contribution in [2.45, 2.75) is 38.5 Å². The van der Waals surface area contributed by atoms with Crippen molar-refractivity contribution in [3.05, 3.63) is 0 Å². The first-order chi connectivity index (χ1) is 6.92. The van der Waals surface area contributed by atoms with Gasteiger partial charge in [-0.15, -0.1) is 0 Å². The van der Waals surface area contributed by atoms with Crippen LogP contribution >= 0.6 is 0 Å². The molecule has 0 heterocycles. The maximum atomic E-state index is 5.46. The Morgan fingerprint density at radius 2 is 1.71 bits per heavy atom. The van der Waals surface area contributed by atoms with Crippen LogP contribution in [-0.2, 0) is 0 Å². The van der Waals surface area contributed by atoms with Gasteiger partial charge in [-0.3, -0.25) is 0 Å². The lowest BCUT2D eigenvalue weighted by molar-refractivity contribution is 0.378. The number of rotatable bonds is 8. The van der Waals surface area contributed by atoms with Gasteiger partial charge < -0.3 is 11.1 Å². The monoisotopic (exact) mass is 196 g/mol. The molecule has 2 fully saturated rings. The predicted octanol–water partition coefficient (Wildman–Crippen LogP) is 1.75. The zero-order valence-corrected chi connectivity index (χ0v) is 9.17. The summed E-state index contributed by atoms with van der Waals surface area (Å²) < 4.78 is 0. The van der Waals surface area contributed by atoms with E-state index in [0.717, 1.165) is 24.3 Å². The Balaban J connectivity index is 1.53. The molecule has 2 aliphatic carbocycles. The Labute approximate surface area is 87.6 Å². The van der Waals surface area contributed by atoms with E-state index in [-0.39, 0.29) is 0 Å². The van der Waals surface area contributed by atoms with E-state index in [4.69, 9.17) is 5.73 Å². The van der Waals surface area contributed by atoms with Crippen molar-refractivity contribution >= 4 is 0 Å². The molecule has 0 unspecified atom stereocenters. The summed E-state index contributed by atoms with van der Waals surface area (Å²) in [5.74, 6) is 3.20. The van der Waals surface area contributed by atoms with Gasteiger partial charge in [-0.05, 0) is 75.9 Å². The summed E-state index contributed by atoms with van der Waals surface area (Å²) in [6.07, 6.45) is 8.44. The molecule has 14 heavy (non-hydrogen) atoms. The Morgan fingerprint density at radius 3 is 2.21 bits per heavy atom. The molecule has 0 saturated heterocycles. The summed E-state index contributed by atoms with van der Waals surface area (Å²) in [6.45, 7) is 3.30. The fraction of sp³-hybridized carbons (Fsp3) is 1.00. The van der Waals surface area contributed by atoms with E-state index >= 15 is 0 Å². The van der Waals surface area contributed by atoms with Crippen LogP contribution in [0, 0.1) is 17.8 Å². The van der Waals surface area contributed by atoms with Crippen LogP contribution < -0.4 is 11.1 Å². The molecule has 2 heteroatoms. The van der Waals surface area contributed by atoms with Crippen molar-refractivity contribution in [2.75, 3.05) is 19.6 Å². The molecule has 2 nitrogen and oxygen atoms in total. The Bertz CT molecular complexity index is 150. The molecule has 0 amide bonds. The second-order valence-corrected chi connectivity index (χ2v) is 5.04. The zero-order valence-electron chi connectivity index (χ0n) is 9.17. The number of unbranched alkanes of at least 4 members (excludes halogenated alkanes) is 1. The van der Waals surface area contributed by atoms with Gasteiger partial charge in [0.25, 0.3) is 0 Å². The molecule has 0 radical (unpaired) electrons. The SMILES string of the molecule is NCCCCNCC(C1CC1)C1CC1. The number of nitrogens with one attached hydrogen (secondary N) is 1. The van der Waals surface area contributed by atoms with Gasteiger partial charge in [0.15, 0.2) is 0 Å². The van der Waals surface area contributed by atoms with Crippen molar-refractivity contribution < 1.29 is 0 Å². The maximum Gasteiger partial charge on any atom is -0.00152 e. The molecule has 0 aliphatic heterocycles. The van der Waals surface area contributed by atoms with Crippen molar-refractivity contribution in [3.8, 4) is 0 Å². The largest absolute Gasteiger partial charge is 0.330 e. The van der Waals surface area contributed by atoms with E-state index < -0.39 is 0 Å². The molecule has 2 saturated carbocycles. The van der Waals surface area contributed by atoms with Crippen molar-refractivity contribution in [2.24, 2.45) is 23.5 Å². The zero-order chi connectivity index (χ0) is 9.80. The first kappa shape index (κ1) is 10.4. The predicted molar refractivity (Wildman–Crippen MR) is 60.1 cm³/mol. The number of hydrogen-bond acceptors (Lipinski definition) is 2. The Morgan fingerprint density at radius 1 is 1.07 bits per heavy atom. The Kier molecular flexibility index (Phi) is 3.82. The van der Waals surface area contributed by atoms with Gasteiger partial charge in [0.05, 0.1) is 0 Å². The van der Waals surface area contributed by atoms with Gasteiger partial charge in [-0.25, -0.2) is 0 Å². The number of hydrogen-bond donors (Lipinski definition) is 2. The second-order valence-electron chi connectivity index (χ2n) is 5.04. The fourth-order valence-electron chi connectivity index (χ4n) is 2.43. The summed E-state index contributed by atoms with van der Waals surface area (Å²) in [7, 11) is 0. The third-order valence-electron chi connectivity index (χ3n) is 3.64. The van der Waals surface area contributed by atoms with Crippen molar-refractivity contribution in [1.29, 1.82) is 0 Å². The molecular weight excluding hydrogens is 172 g/mol. The molecule has 0 aromatic carbocycles. The molecule has 0 spiro atoms. The molecule has 0 atom stereocenters. The normalized spacial score (nSPS) is 21.9. The van der Waals surface area contributed by atoms with Crippen LogP contribution in [0.1, 0.15) is 38.5 Å². The summed E-state index contributed by atoms with van der Waals surface area (Å²) >= 11 is 0. The summed E-state index contributed by atoms with van der Waals surface area (Å²) in [5, 5.41) is 3.61. The van der Waals surface area contributed by atoms with Gasteiger partial charge >= 0.3 is 0 Å². The van der Waals surface area contributed by atoms with Crippen LogP contribution in [0.3, 0.4) is 0 Å². The highest BCUT2D eigenvalue weighted by atomic mass is 14.9. The van der Waals surface area contributed by atoms with E-state index in [1.54, 1.807) is 0 Å². The van der Waals surface area contributed by atoms with Gasteiger partial charge in [0.1, 0.15) is 0 Å². The quantitative estimate of drug-likeness (QED) is 0.580. The first-order valence-corrected chi connectivity index (χ1v) is 6.32. The minimum atomic E-state index is 0.844. The summed E-state index contributed by atoms with van der Waals surface area (Å²) in [6, 6.07) is 0. The molecule has 0 aromatic heterocycles. The molecular formula is C12H24N2. The number of nitrogens with two attached hydrogens (primary N) is 1. The topological polar surface area (TPSA) is 38.0 Å². The van der Waals surface area contributed by atoms with Crippen LogP contribution in [0.25, 0.3) is 0 Å². The minimum Gasteiger partial charge on any atom is -0.330 e. The van der Waals surface area contributed by atoms with Gasteiger partial charge in [-0.1, -0.05) is 0 Å². The lowest BCUT2D eigenvalue weighted by Gasteiger charge is -2.15.